The Bertz CT molecular complexity index is 1010. The number of carbonyl (C=O) groups excluding carboxylic acids is 2. The monoisotopic (exact) mass is 419 g/mol. The maximum Gasteiger partial charge on any atom is 0.237 e. The number of amides is 2. The SMILES string of the molecule is NCCC[C@H](N)C(=O)N[C@H](CC(=O)Nc1cnc2ccccc2c1)Cc1ccccc1. The fourth-order valence-electron chi connectivity index (χ4n) is 3.43. The third-order valence-corrected chi connectivity index (χ3v) is 5.03. The third-order valence-electron chi connectivity index (χ3n) is 5.03. The Kier molecular flexibility index (Phi) is 8.09. The van der Waals surface area contributed by atoms with Crippen LogP contribution in [0.2, 0.25) is 0 Å². The van der Waals surface area contributed by atoms with Gasteiger partial charge in [0.05, 0.1) is 23.4 Å². The average molecular weight is 420 g/mol. The summed E-state index contributed by atoms with van der Waals surface area (Å²) in [5.74, 6) is -0.469. The van der Waals surface area contributed by atoms with Crippen LogP contribution >= 0.6 is 0 Å². The molecule has 2 aromatic carbocycles. The summed E-state index contributed by atoms with van der Waals surface area (Å²) >= 11 is 0. The minimum absolute atomic E-state index is 0.122. The Labute approximate surface area is 182 Å². The van der Waals surface area contributed by atoms with Gasteiger partial charge in [-0.1, -0.05) is 48.5 Å². The number of pyridine rings is 1. The predicted octanol–water partition coefficient (Wildman–Crippen LogP) is 2.36. The molecule has 0 bridgehead atoms. The number of hydrogen-bond donors (Lipinski definition) is 4. The van der Waals surface area contributed by atoms with Crippen molar-refractivity contribution in [2.45, 2.75) is 37.8 Å². The Morgan fingerprint density at radius 3 is 2.55 bits per heavy atom. The van der Waals surface area contributed by atoms with E-state index in [1.807, 2.05) is 60.7 Å². The summed E-state index contributed by atoms with van der Waals surface area (Å²) in [5.41, 5.74) is 14.0. The van der Waals surface area contributed by atoms with E-state index < -0.39 is 6.04 Å². The van der Waals surface area contributed by atoms with Gasteiger partial charge in [-0.15, -0.1) is 0 Å². The van der Waals surface area contributed by atoms with E-state index in [4.69, 9.17) is 11.5 Å². The van der Waals surface area contributed by atoms with Gasteiger partial charge < -0.3 is 22.1 Å². The molecule has 7 heteroatoms. The molecule has 0 spiro atoms. The number of carbonyl (C=O) groups is 2. The van der Waals surface area contributed by atoms with Gasteiger partial charge in [-0.2, -0.15) is 0 Å². The van der Waals surface area contributed by atoms with Crippen molar-refractivity contribution in [3.63, 3.8) is 0 Å². The van der Waals surface area contributed by atoms with Crippen molar-refractivity contribution in [3.8, 4) is 0 Å². The first-order valence-corrected chi connectivity index (χ1v) is 10.5. The van der Waals surface area contributed by atoms with Crippen LogP contribution in [0.3, 0.4) is 0 Å². The molecule has 162 valence electrons. The first kappa shape index (κ1) is 22.4. The number of nitrogens with two attached hydrogens (primary N) is 2. The summed E-state index contributed by atoms with van der Waals surface area (Å²) < 4.78 is 0. The molecule has 3 aromatic rings. The standard InChI is InChI=1S/C24H29N5O2/c25-12-6-10-21(26)24(31)29-19(13-17-7-2-1-3-8-17)15-23(30)28-20-14-18-9-4-5-11-22(18)27-16-20/h1-5,7-9,11,14,16,19,21H,6,10,12-13,15,25-26H2,(H,28,30)(H,29,31)/t19-,21-/m0/s1. The normalized spacial score (nSPS) is 12.8. The lowest BCUT2D eigenvalue weighted by atomic mass is 10.0. The fourth-order valence-corrected chi connectivity index (χ4v) is 3.43. The number of fused-ring (bicyclic) bond motifs is 1. The zero-order valence-corrected chi connectivity index (χ0v) is 17.5. The van der Waals surface area contributed by atoms with Crippen molar-refractivity contribution in [1.29, 1.82) is 0 Å². The van der Waals surface area contributed by atoms with Crippen LogP contribution < -0.4 is 22.1 Å². The highest BCUT2D eigenvalue weighted by Crippen LogP contribution is 2.16. The van der Waals surface area contributed by atoms with Gasteiger partial charge in [-0.3, -0.25) is 14.6 Å². The number of aromatic nitrogens is 1. The first-order chi connectivity index (χ1) is 15.0. The first-order valence-electron chi connectivity index (χ1n) is 10.5. The maximum atomic E-state index is 12.7. The topological polar surface area (TPSA) is 123 Å². The Hall–Kier alpha value is -3.29. The van der Waals surface area contributed by atoms with E-state index in [-0.39, 0.29) is 24.3 Å². The fraction of sp³-hybridized carbons (Fsp3) is 0.292. The highest BCUT2D eigenvalue weighted by molar-refractivity contribution is 5.93. The lowest BCUT2D eigenvalue weighted by Crippen LogP contribution is -2.47. The molecule has 0 radical (unpaired) electrons. The molecule has 1 aromatic heterocycles. The predicted molar refractivity (Wildman–Crippen MR) is 123 cm³/mol. The van der Waals surface area contributed by atoms with E-state index in [9.17, 15) is 9.59 Å². The molecule has 0 aliphatic rings. The number of nitrogens with zero attached hydrogens (tertiary/aromatic N) is 1. The number of rotatable bonds is 10. The second kappa shape index (κ2) is 11.2. The summed E-state index contributed by atoms with van der Waals surface area (Å²) in [7, 11) is 0. The van der Waals surface area contributed by atoms with Crippen LogP contribution in [-0.2, 0) is 16.0 Å². The van der Waals surface area contributed by atoms with Crippen LogP contribution in [0.5, 0.6) is 0 Å². The summed E-state index contributed by atoms with van der Waals surface area (Å²) in [6.45, 7) is 0.483. The molecule has 0 fully saturated rings. The van der Waals surface area contributed by atoms with Crippen molar-refractivity contribution in [3.05, 3.63) is 72.4 Å². The molecule has 1 heterocycles. The molecule has 2 amide bonds. The summed E-state index contributed by atoms with van der Waals surface area (Å²) in [4.78, 5) is 29.6. The molecule has 0 saturated carbocycles. The van der Waals surface area contributed by atoms with E-state index in [0.29, 0.717) is 31.5 Å². The van der Waals surface area contributed by atoms with Crippen LogP contribution in [-0.4, -0.2) is 35.4 Å². The molecular weight excluding hydrogens is 390 g/mol. The van der Waals surface area contributed by atoms with Crippen LogP contribution in [0, 0.1) is 0 Å². The Balaban J connectivity index is 1.66. The van der Waals surface area contributed by atoms with E-state index >= 15 is 0 Å². The second-order valence-electron chi connectivity index (χ2n) is 7.60. The highest BCUT2D eigenvalue weighted by Gasteiger charge is 2.21. The molecule has 0 aliphatic carbocycles. The van der Waals surface area contributed by atoms with Gasteiger partial charge in [0.2, 0.25) is 11.8 Å². The van der Waals surface area contributed by atoms with Crippen LogP contribution in [0.15, 0.2) is 66.9 Å². The largest absolute Gasteiger partial charge is 0.351 e. The van der Waals surface area contributed by atoms with Crippen molar-refractivity contribution >= 4 is 28.4 Å². The summed E-state index contributed by atoms with van der Waals surface area (Å²) in [6, 6.07) is 18.3. The summed E-state index contributed by atoms with van der Waals surface area (Å²) in [6.07, 6.45) is 3.47. The lowest BCUT2D eigenvalue weighted by molar-refractivity contribution is -0.123. The zero-order valence-electron chi connectivity index (χ0n) is 17.5. The van der Waals surface area contributed by atoms with Crippen molar-refractivity contribution < 1.29 is 9.59 Å². The third kappa shape index (κ3) is 6.87. The number of hydrogen-bond acceptors (Lipinski definition) is 5. The highest BCUT2D eigenvalue weighted by atomic mass is 16.2. The summed E-state index contributed by atoms with van der Waals surface area (Å²) in [5, 5.41) is 6.77. The number of benzene rings is 2. The van der Waals surface area contributed by atoms with Crippen LogP contribution in [0.1, 0.15) is 24.8 Å². The molecular formula is C24H29N5O2. The molecule has 31 heavy (non-hydrogen) atoms. The van der Waals surface area contributed by atoms with Gasteiger partial charge in [0.25, 0.3) is 0 Å². The lowest BCUT2D eigenvalue weighted by Gasteiger charge is -2.21. The number of nitrogens with one attached hydrogen (secondary N) is 2. The number of para-hydroxylation sites is 1. The molecule has 7 nitrogen and oxygen atoms in total. The molecule has 0 aliphatic heterocycles. The van der Waals surface area contributed by atoms with Gasteiger partial charge in [-0.05, 0) is 43.5 Å². The van der Waals surface area contributed by atoms with Gasteiger partial charge in [0, 0.05) is 17.8 Å². The van der Waals surface area contributed by atoms with Gasteiger partial charge >= 0.3 is 0 Å². The van der Waals surface area contributed by atoms with Crippen LogP contribution in [0.25, 0.3) is 10.9 Å². The number of anilines is 1. The zero-order chi connectivity index (χ0) is 22.1. The van der Waals surface area contributed by atoms with Gasteiger partial charge in [-0.25, -0.2) is 0 Å². The molecule has 6 N–H and O–H groups in total. The second-order valence-corrected chi connectivity index (χ2v) is 7.60. The molecule has 0 saturated heterocycles. The van der Waals surface area contributed by atoms with E-state index in [1.54, 1.807) is 6.20 Å². The van der Waals surface area contributed by atoms with Crippen molar-refractivity contribution in [2.24, 2.45) is 11.5 Å². The molecule has 0 unspecified atom stereocenters. The van der Waals surface area contributed by atoms with E-state index in [0.717, 1.165) is 16.5 Å². The molecule has 2 atom stereocenters. The van der Waals surface area contributed by atoms with E-state index in [1.165, 1.54) is 0 Å². The average Bonchev–Trinajstić information content (AvgIpc) is 2.77. The Morgan fingerprint density at radius 1 is 1.03 bits per heavy atom. The maximum absolute atomic E-state index is 12.7. The smallest absolute Gasteiger partial charge is 0.237 e. The quantitative estimate of drug-likeness (QED) is 0.402. The van der Waals surface area contributed by atoms with Crippen LogP contribution in [0.4, 0.5) is 5.69 Å². The van der Waals surface area contributed by atoms with Gasteiger partial charge in [0.15, 0.2) is 0 Å². The minimum Gasteiger partial charge on any atom is -0.351 e. The molecule has 3 rings (SSSR count). The van der Waals surface area contributed by atoms with E-state index in [2.05, 4.69) is 15.6 Å². The van der Waals surface area contributed by atoms with Crippen molar-refractivity contribution in [1.82, 2.24) is 10.3 Å². The van der Waals surface area contributed by atoms with Crippen molar-refractivity contribution in [2.75, 3.05) is 11.9 Å². The van der Waals surface area contributed by atoms with Gasteiger partial charge in [0.1, 0.15) is 0 Å². The minimum atomic E-state index is -0.644. The Morgan fingerprint density at radius 2 is 1.77 bits per heavy atom.